The van der Waals surface area contributed by atoms with Gasteiger partial charge in [0.1, 0.15) is 5.82 Å². The van der Waals surface area contributed by atoms with Crippen molar-refractivity contribution in [1.29, 1.82) is 0 Å². The normalized spacial score (nSPS) is 13.5. The summed E-state index contributed by atoms with van der Waals surface area (Å²) in [6.45, 7) is 6.23. The minimum absolute atomic E-state index is 0.0381. The summed E-state index contributed by atoms with van der Waals surface area (Å²) < 4.78 is 18.7. The van der Waals surface area contributed by atoms with Crippen molar-refractivity contribution in [3.8, 4) is 0 Å². The molecule has 0 amide bonds. The van der Waals surface area contributed by atoms with Crippen LogP contribution in [0.15, 0.2) is 28.9 Å². The van der Waals surface area contributed by atoms with Gasteiger partial charge in [0.25, 0.3) is 0 Å². The number of aliphatic hydroxyl groups is 1. The lowest BCUT2D eigenvalue weighted by Crippen LogP contribution is -2.19. The standard InChI is InChI=1S/C18H22FN3O2/c1-18(2,3)9-13(23)8-17-21-16(22-24-17)6-11-10-20-15-5-4-12(19)7-14(11)15/h4-5,7,10,13,20,23H,6,8-9H2,1-3H3. The topological polar surface area (TPSA) is 74.9 Å². The summed E-state index contributed by atoms with van der Waals surface area (Å²) in [7, 11) is 0. The number of aliphatic hydroxyl groups excluding tert-OH is 1. The van der Waals surface area contributed by atoms with Crippen molar-refractivity contribution in [1.82, 2.24) is 15.1 Å². The molecule has 0 fully saturated rings. The molecule has 1 atom stereocenters. The van der Waals surface area contributed by atoms with E-state index >= 15 is 0 Å². The largest absolute Gasteiger partial charge is 0.393 e. The Hall–Kier alpha value is -2.21. The summed E-state index contributed by atoms with van der Waals surface area (Å²) in [6.07, 6.45) is 2.76. The molecular weight excluding hydrogens is 309 g/mol. The Kier molecular flexibility index (Phi) is 4.41. The van der Waals surface area contributed by atoms with Crippen molar-refractivity contribution >= 4 is 10.9 Å². The second-order valence-corrected chi connectivity index (χ2v) is 7.41. The van der Waals surface area contributed by atoms with Crippen molar-refractivity contribution in [3.05, 3.63) is 47.5 Å². The monoisotopic (exact) mass is 331 g/mol. The van der Waals surface area contributed by atoms with Gasteiger partial charge in [0.15, 0.2) is 5.82 Å². The molecule has 0 saturated heterocycles. The first-order chi connectivity index (χ1) is 11.3. The number of fused-ring (bicyclic) bond motifs is 1. The summed E-state index contributed by atoms with van der Waals surface area (Å²) in [6, 6.07) is 4.62. The van der Waals surface area contributed by atoms with Crippen LogP contribution in [0.2, 0.25) is 0 Å². The maximum absolute atomic E-state index is 13.4. The molecule has 3 aromatic rings. The summed E-state index contributed by atoms with van der Waals surface area (Å²) >= 11 is 0. The van der Waals surface area contributed by atoms with Crippen LogP contribution in [0.5, 0.6) is 0 Å². The molecule has 3 rings (SSSR count). The van der Waals surface area contributed by atoms with Crippen LogP contribution in [0.3, 0.4) is 0 Å². The highest BCUT2D eigenvalue weighted by molar-refractivity contribution is 5.83. The van der Waals surface area contributed by atoms with Crippen LogP contribution in [-0.2, 0) is 12.8 Å². The SMILES string of the molecule is CC(C)(C)CC(O)Cc1nc(Cc2c[nH]c3ccc(F)cc23)no1. The highest BCUT2D eigenvalue weighted by Gasteiger charge is 2.20. The van der Waals surface area contributed by atoms with Gasteiger partial charge in [-0.3, -0.25) is 0 Å². The molecule has 0 bridgehead atoms. The van der Waals surface area contributed by atoms with Crippen molar-refractivity contribution in [3.63, 3.8) is 0 Å². The Morgan fingerprint density at radius 2 is 2.12 bits per heavy atom. The number of aromatic nitrogens is 3. The first-order valence-electron chi connectivity index (χ1n) is 8.05. The molecule has 1 aromatic carbocycles. The highest BCUT2D eigenvalue weighted by atomic mass is 19.1. The van der Waals surface area contributed by atoms with Gasteiger partial charge in [0, 0.05) is 23.5 Å². The Bertz CT molecular complexity index is 832. The Morgan fingerprint density at radius 3 is 2.88 bits per heavy atom. The van der Waals surface area contributed by atoms with Crippen LogP contribution in [-0.4, -0.2) is 26.3 Å². The minimum Gasteiger partial charge on any atom is -0.393 e. The zero-order chi connectivity index (χ0) is 17.3. The smallest absolute Gasteiger partial charge is 0.229 e. The summed E-state index contributed by atoms with van der Waals surface area (Å²) in [5, 5.41) is 14.9. The fourth-order valence-electron chi connectivity index (χ4n) is 2.89. The molecule has 0 aliphatic rings. The van der Waals surface area contributed by atoms with Crippen molar-refractivity contribution < 1.29 is 14.0 Å². The van der Waals surface area contributed by atoms with E-state index in [0.29, 0.717) is 31.0 Å². The molecule has 0 saturated carbocycles. The third-order valence-electron chi connectivity index (χ3n) is 3.85. The fourth-order valence-corrected chi connectivity index (χ4v) is 2.89. The molecule has 2 aromatic heterocycles. The van der Waals surface area contributed by atoms with E-state index in [1.54, 1.807) is 6.07 Å². The van der Waals surface area contributed by atoms with Gasteiger partial charge < -0.3 is 14.6 Å². The molecule has 0 radical (unpaired) electrons. The van der Waals surface area contributed by atoms with E-state index in [1.165, 1.54) is 12.1 Å². The van der Waals surface area contributed by atoms with E-state index in [-0.39, 0.29) is 11.2 Å². The number of nitrogens with zero attached hydrogens (tertiary/aromatic N) is 2. The van der Waals surface area contributed by atoms with E-state index in [9.17, 15) is 9.50 Å². The van der Waals surface area contributed by atoms with Crippen LogP contribution in [0.25, 0.3) is 10.9 Å². The van der Waals surface area contributed by atoms with E-state index in [2.05, 4.69) is 35.9 Å². The minimum atomic E-state index is -0.513. The van der Waals surface area contributed by atoms with Gasteiger partial charge in [-0.25, -0.2) is 4.39 Å². The first-order valence-corrected chi connectivity index (χ1v) is 8.05. The Balaban J connectivity index is 1.70. The predicted octanol–water partition coefficient (Wildman–Crippen LogP) is 3.62. The molecule has 0 spiro atoms. The zero-order valence-electron chi connectivity index (χ0n) is 14.1. The number of benzene rings is 1. The number of H-pyrrole nitrogens is 1. The average molecular weight is 331 g/mol. The molecule has 24 heavy (non-hydrogen) atoms. The third kappa shape index (κ3) is 4.00. The molecular formula is C18H22FN3O2. The van der Waals surface area contributed by atoms with Crippen LogP contribution in [0.4, 0.5) is 4.39 Å². The number of nitrogens with one attached hydrogen (secondary N) is 1. The summed E-state index contributed by atoms with van der Waals surface area (Å²) in [4.78, 5) is 7.45. The van der Waals surface area contributed by atoms with Gasteiger partial charge in [0.05, 0.1) is 12.5 Å². The predicted molar refractivity (Wildman–Crippen MR) is 89.1 cm³/mol. The lowest BCUT2D eigenvalue weighted by molar-refractivity contribution is 0.113. The van der Waals surface area contributed by atoms with E-state index < -0.39 is 6.10 Å². The number of aromatic amines is 1. The quantitative estimate of drug-likeness (QED) is 0.749. The molecule has 5 nitrogen and oxygen atoms in total. The van der Waals surface area contributed by atoms with Crippen molar-refractivity contribution in [2.75, 3.05) is 0 Å². The van der Waals surface area contributed by atoms with Crippen molar-refractivity contribution in [2.45, 2.75) is 46.1 Å². The zero-order valence-corrected chi connectivity index (χ0v) is 14.1. The average Bonchev–Trinajstić information content (AvgIpc) is 3.05. The van der Waals surface area contributed by atoms with Crippen molar-refractivity contribution in [2.24, 2.45) is 5.41 Å². The van der Waals surface area contributed by atoms with Gasteiger partial charge in [-0.05, 0) is 35.6 Å². The number of halogens is 1. The van der Waals surface area contributed by atoms with Crippen LogP contribution >= 0.6 is 0 Å². The molecule has 2 N–H and O–H groups in total. The summed E-state index contributed by atoms with van der Waals surface area (Å²) in [5.74, 6) is 0.674. The molecule has 0 aliphatic heterocycles. The second-order valence-electron chi connectivity index (χ2n) is 7.41. The number of hydrogen-bond donors (Lipinski definition) is 2. The highest BCUT2D eigenvalue weighted by Crippen LogP contribution is 2.23. The third-order valence-corrected chi connectivity index (χ3v) is 3.85. The van der Waals surface area contributed by atoms with E-state index in [4.69, 9.17) is 4.52 Å². The molecule has 2 heterocycles. The lowest BCUT2D eigenvalue weighted by atomic mass is 9.88. The fraction of sp³-hybridized carbons (Fsp3) is 0.444. The maximum atomic E-state index is 13.4. The van der Waals surface area contributed by atoms with Gasteiger partial charge in [-0.2, -0.15) is 4.98 Å². The first kappa shape index (κ1) is 16.6. The molecule has 6 heteroatoms. The van der Waals surface area contributed by atoms with Gasteiger partial charge in [-0.15, -0.1) is 0 Å². The van der Waals surface area contributed by atoms with E-state index in [0.717, 1.165) is 16.5 Å². The molecule has 1 unspecified atom stereocenters. The number of rotatable bonds is 5. The van der Waals surface area contributed by atoms with Crippen LogP contribution < -0.4 is 0 Å². The van der Waals surface area contributed by atoms with Gasteiger partial charge in [0.2, 0.25) is 5.89 Å². The maximum Gasteiger partial charge on any atom is 0.229 e. The Labute approximate surface area is 139 Å². The lowest BCUT2D eigenvalue weighted by Gasteiger charge is -2.21. The van der Waals surface area contributed by atoms with E-state index in [1.807, 2.05) is 6.20 Å². The summed E-state index contributed by atoms with van der Waals surface area (Å²) in [5.41, 5.74) is 1.82. The Morgan fingerprint density at radius 1 is 1.33 bits per heavy atom. The molecule has 128 valence electrons. The second kappa shape index (κ2) is 6.36. The van der Waals surface area contributed by atoms with Crippen LogP contribution in [0, 0.1) is 11.2 Å². The van der Waals surface area contributed by atoms with Crippen LogP contribution in [0.1, 0.15) is 44.5 Å². The molecule has 0 aliphatic carbocycles. The number of hydrogen-bond acceptors (Lipinski definition) is 4. The van der Waals surface area contributed by atoms with Gasteiger partial charge in [-0.1, -0.05) is 25.9 Å². The van der Waals surface area contributed by atoms with Gasteiger partial charge >= 0.3 is 0 Å².